The SMILES string of the molecule is CCC1(CC)CN(CC2CCCCC2C(=O)O)C1. The van der Waals surface area contributed by atoms with Crippen LogP contribution in [0.1, 0.15) is 52.4 Å². The maximum atomic E-state index is 11.3. The van der Waals surface area contributed by atoms with Gasteiger partial charge in [-0.05, 0) is 37.0 Å². The molecule has 2 aliphatic rings. The highest BCUT2D eigenvalue weighted by Gasteiger charge is 2.42. The van der Waals surface area contributed by atoms with Crippen molar-refractivity contribution in [2.45, 2.75) is 52.4 Å². The summed E-state index contributed by atoms with van der Waals surface area (Å²) in [5, 5.41) is 9.29. The van der Waals surface area contributed by atoms with Crippen LogP contribution >= 0.6 is 0 Å². The fourth-order valence-electron chi connectivity index (χ4n) is 3.81. The molecule has 1 heterocycles. The van der Waals surface area contributed by atoms with Crippen molar-refractivity contribution >= 4 is 5.97 Å². The second-order valence-corrected chi connectivity index (χ2v) is 6.37. The lowest BCUT2D eigenvalue weighted by Gasteiger charge is -2.51. The minimum atomic E-state index is -0.572. The van der Waals surface area contributed by atoms with Gasteiger partial charge in [0.15, 0.2) is 0 Å². The van der Waals surface area contributed by atoms with Gasteiger partial charge in [-0.15, -0.1) is 0 Å². The fraction of sp³-hybridized carbons (Fsp3) is 0.933. The molecule has 0 aromatic rings. The normalized spacial score (nSPS) is 31.9. The smallest absolute Gasteiger partial charge is 0.306 e. The summed E-state index contributed by atoms with van der Waals surface area (Å²) in [6.45, 7) is 7.94. The fourth-order valence-corrected chi connectivity index (χ4v) is 3.81. The number of carboxylic acids is 1. The van der Waals surface area contributed by atoms with Crippen molar-refractivity contribution in [2.75, 3.05) is 19.6 Å². The second-order valence-electron chi connectivity index (χ2n) is 6.37. The lowest BCUT2D eigenvalue weighted by atomic mass is 9.73. The molecule has 2 unspecified atom stereocenters. The average Bonchev–Trinajstić information content (AvgIpc) is 2.33. The summed E-state index contributed by atoms with van der Waals surface area (Å²) >= 11 is 0. The summed E-state index contributed by atoms with van der Waals surface area (Å²) in [7, 11) is 0. The van der Waals surface area contributed by atoms with E-state index in [9.17, 15) is 9.90 Å². The molecule has 0 spiro atoms. The summed E-state index contributed by atoms with van der Waals surface area (Å²) in [6, 6.07) is 0. The standard InChI is InChI=1S/C15H27NO2/c1-3-15(4-2)10-16(11-15)9-12-7-5-6-8-13(12)14(17)18/h12-13H,3-11H2,1-2H3,(H,17,18). The van der Waals surface area contributed by atoms with E-state index in [1.807, 2.05) is 0 Å². The van der Waals surface area contributed by atoms with Crippen LogP contribution in [0.15, 0.2) is 0 Å². The molecule has 1 saturated heterocycles. The van der Waals surface area contributed by atoms with Crippen LogP contribution in [-0.4, -0.2) is 35.6 Å². The number of rotatable bonds is 5. The number of nitrogens with zero attached hydrogens (tertiary/aromatic N) is 1. The molecule has 0 radical (unpaired) electrons. The molecule has 2 atom stereocenters. The van der Waals surface area contributed by atoms with Gasteiger partial charge in [-0.3, -0.25) is 4.79 Å². The van der Waals surface area contributed by atoms with Crippen LogP contribution in [0.5, 0.6) is 0 Å². The van der Waals surface area contributed by atoms with Crippen LogP contribution in [-0.2, 0) is 4.79 Å². The molecule has 2 rings (SSSR count). The molecular weight excluding hydrogens is 226 g/mol. The highest BCUT2D eigenvalue weighted by atomic mass is 16.4. The van der Waals surface area contributed by atoms with E-state index in [4.69, 9.17) is 0 Å². The minimum Gasteiger partial charge on any atom is -0.481 e. The summed E-state index contributed by atoms with van der Waals surface area (Å²) in [6.07, 6.45) is 6.83. The number of carbonyl (C=O) groups is 1. The Kier molecular flexibility index (Phi) is 4.31. The van der Waals surface area contributed by atoms with Gasteiger partial charge in [-0.25, -0.2) is 0 Å². The molecule has 2 fully saturated rings. The first-order chi connectivity index (χ1) is 8.60. The Balaban J connectivity index is 1.84. The quantitative estimate of drug-likeness (QED) is 0.819. The molecule has 0 aromatic carbocycles. The van der Waals surface area contributed by atoms with E-state index in [0.717, 1.165) is 25.8 Å². The van der Waals surface area contributed by atoms with Crippen molar-refractivity contribution in [3.63, 3.8) is 0 Å². The van der Waals surface area contributed by atoms with Gasteiger partial charge in [-0.2, -0.15) is 0 Å². The van der Waals surface area contributed by atoms with Crippen LogP contribution in [0.2, 0.25) is 0 Å². The molecule has 1 N–H and O–H groups in total. The summed E-state index contributed by atoms with van der Waals surface area (Å²) in [5.41, 5.74) is 0.535. The van der Waals surface area contributed by atoms with Gasteiger partial charge in [0.25, 0.3) is 0 Å². The van der Waals surface area contributed by atoms with E-state index >= 15 is 0 Å². The first-order valence-electron chi connectivity index (χ1n) is 7.55. The number of hydrogen-bond donors (Lipinski definition) is 1. The van der Waals surface area contributed by atoms with E-state index in [1.165, 1.54) is 32.4 Å². The van der Waals surface area contributed by atoms with Gasteiger partial charge in [0.2, 0.25) is 0 Å². The van der Waals surface area contributed by atoms with E-state index in [0.29, 0.717) is 11.3 Å². The van der Waals surface area contributed by atoms with Gasteiger partial charge in [0, 0.05) is 19.6 Å². The monoisotopic (exact) mass is 253 g/mol. The zero-order valence-corrected chi connectivity index (χ0v) is 11.8. The average molecular weight is 253 g/mol. The molecule has 3 heteroatoms. The number of aliphatic carboxylic acids is 1. The van der Waals surface area contributed by atoms with E-state index < -0.39 is 5.97 Å². The van der Waals surface area contributed by atoms with Crippen LogP contribution in [0.25, 0.3) is 0 Å². The van der Waals surface area contributed by atoms with Crippen molar-refractivity contribution < 1.29 is 9.90 Å². The largest absolute Gasteiger partial charge is 0.481 e. The molecule has 0 amide bonds. The Morgan fingerprint density at radius 1 is 1.22 bits per heavy atom. The number of likely N-dealkylation sites (tertiary alicyclic amines) is 1. The third kappa shape index (κ3) is 2.71. The molecule has 1 aliphatic heterocycles. The number of hydrogen-bond acceptors (Lipinski definition) is 2. The van der Waals surface area contributed by atoms with Gasteiger partial charge in [0.1, 0.15) is 0 Å². The predicted octanol–water partition coefficient (Wildman–Crippen LogP) is 3.00. The first-order valence-corrected chi connectivity index (χ1v) is 7.55. The molecular formula is C15H27NO2. The van der Waals surface area contributed by atoms with Crippen molar-refractivity contribution in [1.82, 2.24) is 4.90 Å². The van der Waals surface area contributed by atoms with Crippen LogP contribution in [0.4, 0.5) is 0 Å². The maximum absolute atomic E-state index is 11.3. The summed E-state index contributed by atoms with van der Waals surface area (Å²) < 4.78 is 0. The number of carboxylic acid groups (broad SMARTS) is 1. The Hall–Kier alpha value is -0.570. The molecule has 18 heavy (non-hydrogen) atoms. The van der Waals surface area contributed by atoms with Gasteiger partial charge >= 0.3 is 5.97 Å². The highest BCUT2D eigenvalue weighted by Crippen LogP contribution is 2.39. The Morgan fingerprint density at radius 3 is 2.39 bits per heavy atom. The Bertz CT molecular complexity index is 291. The van der Waals surface area contributed by atoms with Crippen LogP contribution < -0.4 is 0 Å². The van der Waals surface area contributed by atoms with E-state index in [1.54, 1.807) is 0 Å². The van der Waals surface area contributed by atoms with Gasteiger partial charge in [0.05, 0.1) is 5.92 Å². The summed E-state index contributed by atoms with van der Waals surface area (Å²) in [4.78, 5) is 13.8. The van der Waals surface area contributed by atoms with Gasteiger partial charge in [-0.1, -0.05) is 26.7 Å². The molecule has 104 valence electrons. The lowest BCUT2D eigenvalue weighted by Crippen LogP contribution is -2.57. The zero-order valence-electron chi connectivity index (χ0n) is 11.8. The molecule has 1 aliphatic carbocycles. The summed E-state index contributed by atoms with van der Waals surface area (Å²) in [5.74, 6) is -0.266. The van der Waals surface area contributed by atoms with E-state index in [-0.39, 0.29) is 5.92 Å². The van der Waals surface area contributed by atoms with E-state index in [2.05, 4.69) is 18.7 Å². The van der Waals surface area contributed by atoms with Crippen molar-refractivity contribution in [3.8, 4) is 0 Å². The topological polar surface area (TPSA) is 40.5 Å². The lowest BCUT2D eigenvalue weighted by molar-refractivity contribution is -0.146. The Labute approximate surface area is 111 Å². The third-order valence-corrected chi connectivity index (χ3v) is 5.34. The first kappa shape index (κ1) is 13.9. The van der Waals surface area contributed by atoms with Crippen LogP contribution in [0.3, 0.4) is 0 Å². The van der Waals surface area contributed by atoms with Crippen LogP contribution in [0, 0.1) is 17.3 Å². The molecule has 0 bridgehead atoms. The third-order valence-electron chi connectivity index (χ3n) is 5.34. The molecule has 0 aromatic heterocycles. The molecule has 3 nitrogen and oxygen atoms in total. The van der Waals surface area contributed by atoms with Crippen molar-refractivity contribution in [1.29, 1.82) is 0 Å². The molecule has 1 saturated carbocycles. The predicted molar refractivity (Wildman–Crippen MR) is 72.5 cm³/mol. The van der Waals surface area contributed by atoms with Crippen molar-refractivity contribution in [3.05, 3.63) is 0 Å². The highest BCUT2D eigenvalue weighted by molar-refractivity contribution is 5.70. The van der Waals surface area contributed by atoms with Gasteiger partial charge < -0.3 is 10.0 Å². The van der Waals surface area contributed by atoms with Crippen molar-refractivity contribution in [2.24, 2.45) is 17.3 Å². The zero-order chi connectivity index (χ0) is 13.2. The minimum absolute atomic E-state index is 0.0861. The maximum Gasteiger partial charge on any atom is 0.306 e. The second kappa shape index (κ2) is 5.60. The Morgan fingerprint density at radius 2 is 1.83 bits per heavy atom.